The maximum atomic E-state index is 6.10. The van der Waals surface area contributed by atoms with Gasteiger partial charge in [0.05, 0.1) is 5.69 Å². The fourth-order valence-electron chi connectivity index (χ4n) is 2.11. The topological polar surface area (TPSA) is 34.1 Å². The van der Waals surface area contributed by atoms with Gasteiger partial charge in [0, 0.05) is 28.0 Å². The summed E-state index contributed by atoms with van der Waals surface area (Å²) in [4.78, 5) is 5.76. The molecule has 1 N–H and O–H groups in total. The van der Waals surface area contributed by atoms with Crippen molar-refractivity contribution in [3.05, 3.63) is 44.4 Å². The van der Waals surface area contributed by atoms with E-state index in [0.717, 1.165) is 33.6 Å². The first-order valence-electron chi connectivity index (χ1n) is 7.19. The van der Waals surface area contributed by atoms with Gasteiger partial charge in [0.15, 0.2) is 0 Å². The summed E-state index contributed by atoms with van der Waals surface area (Å²) in [6.45, 7) is 5.43. The van der Waals surface area contributed by atoms with E-state index in [1.807, 2.05) is 25.1 Å². The van der Waals surface area contributed by atoms with Crippen molar-refractivity contribution >= 4 is 22.9 Å². The zero-order chi connectivity index (χ0) is 14.8. The molecule has 0 unspecified atom stereocenters. The van der Waals surface area contributed by atoms with Gasteiger partial charge >= 0.3 is 0 Å². The summed E-state index contributed by atoms with van der Waals surface area (Å²) in [6, 6.07) is 6.46. The molecule has 112 valence electrons. The van der Waals surface area contributed by atoms with E-state index >= 15 is 0 Å². The fourth-order valence-corrected chi connectivity index (χ4v) is 3.15. The van der Waals surface area contributed by atoms with Crippen molar-refractivity contribution in [3.8, 4) is 5.75 Å². The highest BCUT2D eigenvalue weighted by atomic mass is 35.5. The standard InChI is InChI=1S/C16H19ClN2OS/c1-10-11(2)21-16(19-10)9-20-15-6-3-13(17)7-12(15)8-18-14-4-5-14/h3,6-7,14,18H,4-5,8-9H2,1-2H3. The number of hydrogen-bond acceptors (Lipinski definition) is 4. The Kier molecular flexibility index (Phi) is 4.48. The molecule has 1 fully saturated rings. The van der Waals surface area contributed by atoms with E-state index < -0.39 is 0 Å². The number of thiazole rings is 1. The Labute approximate surface area is 134 Å². The maximum Gasteiger partial charge on any atom is 0.140 e. The van der Waals surface area contributed by atoms with E-state index in [9.17, 15) is 0 Å². The van der Waals surface area contributed by atoms with Gasteiger partial charge in [-0.2, -0.15) is 0 Å². The number of aromatic nitrogens is 1. The summed E-state index contributed by atoms with van der Waals surface area (Å²) in [6.07, 6.45) is 2.54. The van der Waals surface area contributed by atoms with Crippen LogP contribution in [0.4, 0.5) is 0 Å². The third-order valence-electron chi connectivity index (χ3n) is 3.61. The van der Waals surface area contributed by atoms with E-state index in [4.69, 9.17) is 16.3 Å². The van der Waals surface area contributed by atoms with Crippen LogP contribution in [-0.2, 0) is 13.2 Å². The van der Waals surface area contributed by atoms with Crippen LogP contribution >= 0.6 is 22.9 Å². The second-order valence-electron chi connectivity index (χ2n) is 5.45. The third kappa shape index (κ3) is 3.96. The van der Waals surface area contributed by atoms with Gasteiger partial charge in [-0.05, 0) is 44.9 Å². The maximum absolute atomic E-state index is 6.10. The Morgan fingerprint density at radius 2 is 2.19 bits per heavy atom. The lowest BCUT2D eigenvalue weighted by Gasteiger charge is -2.11. The molecule has 0 aliphatic heterocycles. The average Bonchev–Trinajstić information content (AvgIpc) is 3.22. The molecule has 1 aromatic carbocycles. The van der Waals surface area contributed by atoms with Crippen LogP contribution in [0.2, 0.25) is 5.02 Å². The lowest BCUT2D eigenvalue weighted by molar-refractivity contribution is 0.301. The van der Waals surface area contributed by atoms with Gasteiger partial charge in [0.1, 0.15) is 17.4 Å². The van der Waals surface area contributed by atoms with Crippen molar-refractivity contribution in [1.82, 2.24) is 10.3 Å². The first-order chi connectivity index (χ1) is 10.1. The van der Waals surface area contributed by atoms with E-state index in [1.165, 1.54) is 17.7 Å². The fraction of sp³-hybridized carbons (Fsp3) is 0.438. The number of ether oxygens (including phenoxy) is 1. The van der Waals surface area contributed by atoms with Crippen LogP contribution in [0.25, 0.3) is 0 Å². The summed E-state index contributed by atoms with van der Waals surface area (Å²) in [5, 5.41) is 5.26. The molecule has 0 radical (unpaired) electrons. The highest BCUT2D eigenvalue weighted by Gasteiger charge is 2.20. The van der Waals surface area contributed by atoms with Gasteiger partial charge in [-0.25, -0.2) is 4.98 Å². The van der Waals surface area contributed by atoms with Crippen LogP contribution in [0.3, 0.4) is 0 Å². The molecular formula is C16H19ClN2OS. The minimum atomic E-state index is 0.511. The van der Waals surface area contributed by atoms with Gasteiger partial charge in [0.2, 0.25) is 0 Å². The molecule has 1 heterocycles. The lowest BCUT2D eigenvalue weighted by atomic mass is 10.2. The molecule has 21 heavy (non-hydrogen) atoms. The molecule has 0 amide bonds. The van der Waals surface area contributed by atoms with E-state index in [1.54, 1.807) is 11.3 Å². The average molecular weight is 323 g/mol. The highest BCUT2D eigenvalue weighted by molar-refractivity contribution is 7.11. The number of aryl methyl sites for hydroxylation is 2. The molecule has 0 saturated heterocycles. The smallest absolute Gasteiger partial charge is 0.140 e. The second kappa shape index (κ2) is 6.34. The Hall–Kier alpha value is -1.10. The first-order valence-corrected chi connectivity index (χ1v) is 8.39. The van der Waals surface area contributed by atoms with Gasteiger partial charge in [-0.1, -0.05) is 11.6 Å². The minimum Gasteiger partial charge on any atom is -0.486 e. The second-order valence-corrected chi connectivity index (χ2v) is 7.17. The van der Waals surface area contributed by atoms with Crippen molar-refractivity contribution in [1.29, 1.82) is 0 Å². The Morgan fingerprint density at radius 1 is 1.38 bits per heavy atom. The molecular weight excluding hydrogens is 304 g/mol. The molecule has 1 aromatic heterocycles. The third-order valence-corrected chi connectivity index (χ3v) is 4.89. The Balaban J connectivity index is 1.67. The van der Waals surface area contributed by atoms with Crippen LogP contribution in [0.15, 0.2) is 18.2 Å². The molecule has 3 nitrogen and oxygen atoms in total. The zero-order valence-electron chi connectivity index (χ0n) is 12.3. The molecule has 5 heteroatoms. The van der Waals surface area contributed by atoms with Crippen molar-refractivity contribution < 1.29 is 4.74 Å². The van der Waals surface area contributed by atoms with Crippen LogP contribution in [0.5, 0.6) is 5.75 Å². The molecule has 0 spiro atoms. The van der Waals surface area contributed by atoms with Gasteiger partial charge < -0.3 is 10.1 Å². The van der Waals surface area contributed by atoms with Crippen molar-refractivity contribution in [2.75, 3.05) is 0 Å². The summed E-state index contributed by atoms with van der Waals surface area (Å²) >= 11 is 7.79. The molecule has 0 bridgehead atoms. The largest absolute Gasteiger partial charge is 0.486 e. The van der Waals surface area contributed by atoms with Crippen molar-refractivity contribution in [2.24, 2.45) is 0 Å². The first kappa shape index (κ1) is 14.8. The number of halogens is 1. The lowest BCUT2D eigenvalue weighted by Crippen LogP contribution is -2.16. The minimum absolute atomic E-state index is 0.511. The number of benzene rings is 1. The summed E-state index contributed by atoms with van der Waals surface area (Å²) < 4.78 is 5.95. The zero-order valence-corrected chi connectivity index (χ0v) is 13.9. The molecule has 0 atom stereocenters. The normalized spacial score (nSPS) is 14.4. The predicted octanol–water partition coefficient (Wildman–Crippen LogP) is 4.24. The quantitative estimate of drug-likeness (QED) is 0.863. The van der Waals surface area contributed by atoms with E-state index in [-0.39, 0.29) is 0 Å². The van der Waals surface area contributed by atoms with E-state index in [0.29, 0.717) is 12.6 Å². The van der Waals surface area contributed by atoms with Crippen LogP contribution in [0.1, 0.15) is 34.0 Å². The SMILES string of the molecule is Cc1nc(COc2ccc(Cl)cc2CNC2CC2)sc1C. The monoisotopic (exact) mass is 322 g/mol. The molecule has 2 aromatic rings. The summed E-state index contributed by atoms with van der Waals surface area (Å²) in [7, 11) is 0. The van der Waals surface area contributed by atoms with E-state index in [2.05, 4.69) is 17.2 Å². The Bertz CT molecular complexity index is 618. The summed E-state index contributed by atoms with van der Waals surface area (Å²) in [5.74, 6) is 0.887. The predicted molar refractivity (Wildman–Crippen MR) is 87.2 cm³/mol. The molecule has 3 rings (SSSR count). The molecule has 1 aliphatic carbocycles. The summed E-state index contributed by atoms with van der Waals surface area (Å²) in [5.41, 5.74) is 2.20. The molecule has 1 aliphatic rings. The van der Waals surface area contributed by atoms with Crippen LogP contribution in [0, 0.1) is 13.8 Å². The van der Waals surface area contributed by atoms with Gasteiger partial charge in [-0.3, -0.25) is 0 Å². The van der Waals surface area contributed by atoms with Crippen molar-refractivity contribution in [2.45, 2.75) is 45.9 Å². The van der Waals surface area contributed by atoms with Crippen LogP contribution < -0.4 is 10.1 Å². The van der Waals surface area contributed by atoms with Crippen molar-refractivity contribution in [3.63, 3.8) is 0 Å². The molecule has 1 saturated carbocycles. The number of hydrogen-bond donors (Lipinski definition) is 1. The van der Waals surface area contributed by atoms with Gasteiger partial charge in [0.25, 0.3) is 0 Å². The van der Waals surface area contributed by atoms with Crippen LogP contribution in [-0.4, -0.2) is 11.0 Å². The number of rotatable bonds is 6. The van der Waals surface area contributed by atoms with Gasteiger partial charge in [-0.15, -0.1) is 11.3 Å². The highest BCUT2D eigenvalue weighted by Crippen LogP contribution is 2.27. The Morgan fingerprint density at radius 3 is 2.86 bits per heavy atom. The number of nitrogens with one attached hydrogen (secondary N) is 1. The number of nitrogens with zero attached hydrogens (tertiary/aromatic N) is 1.